The number of para-hydroxylation sites is 1. The van der Waals surface area contributed by atoms with Crippen molar-refractivity contribution in [3.05, 3.63) is 54.2 Å². The molecule has 33 heavy (non-hydrogen) atoms. The van der Waals surface area contributed by atoms with Gasteiger partial charge in [0.2, 0.25) is 10.0 Å². The van der Waals surface area contributed by atoms with Gasteiger partial charge in [0.1, 0.15) is 5.75 Å². The first-order valence-electron chi connectivity index (χ1n) is 10.4. The molecule has 0 saturated carbocycles. The molecule has 11 heteroatoms. The number of hydrogen-bond donors (Lipinski definition) is 1. The zero-order valence-corrected chi connectivity index (χ0v) is 18.6. The molecule has 1 aliphatic rings. The van der Waals surface area contributed by atoms with Crippen LogP contribution in [0.4, 0.5) is 8.78 Å². The molecule has 8 nitrogen and oxygen atoms in total. The van der Waals surface area contributed by atoms with Crippen LogP contribution >= 0.6 is 0 Å². The zero-order valence-electron chi connectivity index (χ0n) is 17.8. The monoisotopic (exact) mass is 479 g/mol. The van der Waals surface area contributed by atoms with Crippen LogP contribution in [0.15, 0.2) is 53.4 Å². The summed E-state index contributed by atoms with van der Waals surface area (Å²) in [4.78, 5) is 11.3. The minimum Gasteiger partial charge on any atom is -0.481 e. The van der Waals surface area contributed by atoms with Gasteiger partial charge in [-0.05, 0) is 42.7 Å². The minimum absolute atomic E-state index is 0.0171. The Morgan fingerprint density at radius 2 is 1.88 bits per heavy atom. The summed E-state index contributed by atoms with van der Waals surface area (Å²) in [5.74, 6) is -1.15. The van der Waals surface area contributed by atoms with E-state index in [2.05, 4.69) is 9.84 Å². The van der Waals surface area contributed by atoms with Gasteiger partial charge in [0.15, 0.2) is 0 Å². The summed E-state index contributed by atoms with van der Waals surface area (Å²) in [6.45, 7) is -0.601. The number of carboxylic acids is 1. The summed E-state index contributed by atoms with van der Waals surface area (Å²) in [6, 6.07) is 11.9. The lowest BCUT2D eigenvalue weighted by Gasteiger charge is -2.18. The van der Waals surface area contributed by atoms with Crippen LogP contribution in [-0.4, -0.2) is 53.3 Å². The Labute approximate surface area is 189 Å². The fraction of sp³-hybridized carbons (Fsp3) is 0.364. The molecule has 4 rings (SSSR count). The van der Waals surface area contributed by atoms with Crippen molar-refractivity contribution < 1.29 is 31.8 Å². The van der Waals surface area contributed by atoms with E-state index < -0.39 is 22.6 Å². The van der Waals surface area contributed by atoms with E-state index in [1.165, 1.54) is 28.6 Å². The van der Waals surface area contributed by atoms with Crippen LogP contribution in [0.3, 0.4) is 0 Å². The molecule has 0 radical (unpaired) electrons. The number of alkyl halides is 2. The fourth-order valence-electron chi connectivity index (χ4n) is 4.31. The molecule has 3 aromatic rings. The highest BCUT2D eigenvalue weighted by Crippen LogP contribution is 2.36. The molecule has 0 spiro atoms. The van der Waals surface area contributed by atoms with Gasteiger partial charge in [-0.2, -0.15) is 18.2 Å². The number of fused-ring (bicyclic) bond motifs is 1. The van der Waals surface area contributed by atoms with Crippen molar-refractivity contribution in [3.8, 4) is 5.75 Å². The predicted molar refractivity (Wildman–Crippen MR) is 116 cm³/mol. The summed E-state index contributed by atoms with van der Waals surface area (Å²) in [6.07, 6.45) is 0.465. The lowest BCUT2D eigenvalue weighted by molar-refractivity contribution is -0.136. The highest BCUT2D eigenvalue weighted by molar-refractivity contribution is 7.89. The van der Waals surface area contributed by atoms with E-state index in [0.717, 1.165) is 10.9 Å². The number of hydrogen-bond acceptors (Lipinski definition) is 5. The third-order valence-corrected chi connectivity index (χ3v) is 7.75. The van der Waals surface area contributed by atoms with E-state index in [-0.39, 0.29) is 42.1 Å². The largest absolute Gasteiger partial charge is 0.481 e. The Bertz CT molecular complexity index is 1260. The van der Waals surface area contributed by atoms with Crippen LogP contribution < -0.4 is 4.74 Å². The van der Waals surface area contributed by atoms with E-state index in [1.54, 1.807) is 4.68 Å². The van der Waals surface area contributed by atoms with Crippen LogP contribution in [0.25, 0.3) is 10.9 Å². The van der Waals surface area contributed by atoms with E-state index >= 15 is 0 Å². The number of carboxylic acid groups (broad SMARTS) is 1. The Morgan fingerprint density at radius 1 is 1.18 bits per heavy atom. The quantitative estimate of drug-likeness (QED) is 0.530. The van der Waals surface area contributed by atoms with Gasteiger partial charge in [0.05, 0.1) is 28.6 Å². The van der Waals surface area contributed by atoms with Crippen LogP contribution in [0.2, 0.25) is 0 Å². The first kappa shape index (κ1) is 23.1. The van der Waals surface area contributed by atoms with Gasteiger partial charge in [0.25, 0.3) is 0 Å². The van der Waals surface area contributed by atoms with Gasteiger partial charge >= 0.3 is 12.6 Å². The minimum atomic E-state index is -3.88. The molecule has 2 aromatic carbocycles. The molecule has 1 fully saturated rings. The second-order valence-corrected chi connectivity index (χ2v) is 9.82. The van der Waals surface area contributed by atoms with Crippen LogP contribution in [-0.2, 0) is 21.2 Å². The highest BCUT2D eigenvalue weighted by atomic mass is 32.2. The number of sulfonamides is 1. The molecule has 2 atom stereocenters. The Kier molecular flexibility index (Phi) is 6.35. The average Bonchev–Trinajstić information content (AvgIpc) is 3.35. The van der Waals surface area contributed by atoms with Gasteiger partial charge in [-0.3, -0.25) is 9.48 Å². The van der Waals surface area contributed by atoms with Crippen molar-refractivity contribution in [2.45, 2.75) is 37.3 Å². The van der Waals surface area contributed by atoms with Crippen LogP contribution in [0.5, 0.6) is 5.75 Å². The third-order valence-electron chi connectivity index (χ3n) is 5.91. The number of benzene rings is 2. The summed E-state index contributed by atoms with van der Waals surface area (Å²) in [5.41, 5.74) is 1.19. The SMILES string of the molecule is CC[C@@H]1CN(S(=O)(=O)c2ccc(OC(F)F)cc2)C[C@@H]1n1nc(CC(=O)O)c2ccccc21. The molecule has 1 N–H and O–H groups in total. The molecule has 2 heterocycles. The molecule has 0 aliphatic carbocycles. The fourth-order valence-corrected chi connectivity index (χ4v) is 5.83. The summed E-state index contributed by atoms with van der Waals surface area (Å²) in [5, 5.41) is 14.5. The summed E-state index contributed by atoms with van der Waals surface area (Å²) in [7, 11) is -3.88. The molecule has 1 aromatic heterocycles. The Balaban J connectivity index is 1.65. The van der Waals surface area contributed by atoms with Gasteiger partial charge in [-0.25, -0.2) is 8.42 Å². The first-order valence-corrected chi connectivity index (χ1v) is 11.9. The number of halogens is 2. The van der Waals surface area contributed by atoms with E-state index in [9.17, 15) is 27.1 Å². The van der Waals surface area contributed by atoms with Gasteiger partial charge in [0, 0.05) is 18.5 Å². The summed E-state index contributed by atoms with van der Waals surface area (Å²) >= 11 is 0. The topological polar surface area (TPSA) is 102 Å². The molecule has 0 unspecified atom stereocenters. The lowest BCUT2D eigenvalue weighted by Crippen LogP contribution is -2.29. The maximum Gasteiger partial charge on any atom is 0.387 e. The number of carbonyl (C=O) groups is 1. The maximum atomic E-state index is 13.3. The molecule has 0 amide bonds. The van der Waals surface area contributed by atoms with Crippen molar-refractivity contribution >= 4 is 26.9 Å². The number of ether oxygens (including phenoxy) is 1. The molecule has 1 aliphatic heterocycles. The van der Waals surface area contributed by atoms with E-state index in [0.29, 0.717) is 12.1 Å². The number of rotatable bonds is 8. The van der Waals surface area contributed by atoms with E-state index in [1.807, 2.05) is 31.2 Å². The first-order chi connectivity index (χ1) is 15.7. The second-order valence-electron chi connectivity index (χ2n) is 7.89. The van der Waals surface area contributed by atoms with Gasteiger partial charge in [-0.1, -0.05) is 25.1 Å². The van der Waals surface area contributed by atoms with Crippen LogP contribution in [0, 0.1) is 5.92 Å². The third kappa shape index (κ3) is 4.55. The molecule has 176 valence electrons. The van der Waals surface area contributed by atoms with Crippen molar-refractivity contribution in [2.24, 2.45) is 5.92 Å². The Morgan fingerprint density at radius 3 is 2.52 bits per heavy atom. The smallest absolute Gasteiger partial charge is 0.387 e. The van der Waals surface area contributed by atoms with Crippen LogP contribution in [0.1, 0.15) is 25.1 Å². The number of nitrogens with zero attached hydrogens (tertiary/aromatic N) is 3. The van der Waals surface area contributed by atoms with E-state index in [4.69, 9.17) is 0 Å². The lowest BCUT2D eigenvalue weighted by atomic mass is 10.0. The average molecular weight is 480 g/mol. The molecular formula is C22H23F2N3O5S. The molecule has 0 bridgehead atoms. The van der Waals surface area contributed by atoms with Crippen molar-refractivity contribution in [3.63, 3.8) is 0 Å². The highest BCUT2D eigenvalue weighted by Gasteiger charge is 2.40. The second kappa shape index (κ2) is 9.06. The number of aromatic nitrogens is 2. The standard InChI is InChI=1S/C22H23F2N3O5S/c1-2-14-12-26(33(30,31)16-9-7-15(8-10-16)32-22(23)24)13-20(14)27-19-6-4-3-5-17(19)18(25-27)11-21(28)29/h3-10,14,20,22H,2,11-13H2,1H3,(H,28,29)/t14-,20+/m1/s1. The maximum absolute atomic E-state index is 13.3. The van der Waals surface area contributed by atoms with Crippen molar-refractivity contribution in [1.82, 2.24) is 14.1 Å². The normalized spacial score (nSPS) is 19.4. The molecular weight excluding hydrogens is 456 g/mol. The predicted octanol–water partition coefficient (Wildman–Crippen LogP) is 3.54. The zero-order chi connectivity index (χ0) is 23.8. The van der Waals surface area contributed by atoms with Crippen molar-refractivity contribution in [2.75, 3.05) is 13.1 Å². The van der Waals surface area contributed by atoms with Crippen molar-refractivity contribution in [1.29, 1.82) is 0 Å². The summed E-state index contributed by atoms with van der Waals surface area (Å²) < 4.78 is 58.7. The van der Waals surface area contributed by atoms with Gasteiger partial charge < -0.3 is 9.84 Å². The molecule has 1 saturated heterocycles. The van der Waals surface area contributed by atoms with Gasteiger partial charge in [-0.15, -0.1) is 0 Å². The Hall–Kier alpha value is -3.05. The number of aliphatic carboxylic acids is 1.